The van der Waals surface area contributed by atoms with E-state index in [0.717, 1.165) is 0 Å². The van der Waals surface area contributed by atoms with E-state index in [1.165, 1.54) is 19.2 Å². The molecule has 7 heteroatoms. The molecule has 0 atom stereocenters. The Bertz CT molecular complexity index is 591. The van der Waals surface area contributed by atoms with E-state index < -0.39 is 21.2 Å². The first-order valence-corrected chi connectivity index (χ1v) is 8.28. The maximum atomic E-state index is 12.4. The first-order chi connectivity index (χ1) is 8.90. The smallest absolute Gasteiger partial charge is 0.241 e. The third-order valence-electron chi connectivity index (χ3n) is 3.35. The number of nitrogens with one attached hydrogen (secondary N) is 1. The Labute approximate surface area is 128 Å². The molecule has 114 valence electrons. The molecule has 1 aromatic rings. The fourth-order valence-electron chi connectivity index (χ4n) is 1.33. The number of benzene rings is 1. The van der Waals surface area contributed by atoms with Crippen molar-refractivity contribution in [3.05, 3.63) is 22.7 Å². The van der Waals surface area contributed by atoms with E-state index in [4.69, 9.17) is 4.74 Å². The molecule has 0 unspecified atom stereocenters. The van der Waals surface area contributed by atoms with E-state index in [0.29, 0.717) is 10.2 Å². The molecule has 0 aliphatic carbocycles. The van der Waals surface area contributed by atoms with Crippen molar-refractivity contribution in [2.75, 3.05) is 7.11 Å². The van der Waals surface area contributed by atoms with Gasteiger partial charge in [0.15, 0.2) is 0 Å². The van der Waals surface area contributed by atoms with Crippen LogP contribution in [0.4, 0.5) is 0 Å². The van der Waals surface area contributed by atoms with Crippen LogP contribution in [0.25, 0.3) is 0 Å². The highest BCUT2D eigenvalue weighted by molar-refractivity contribution is 9.10. The number of hydrogen-bond donors (Lipinski definition) is 2. The van der Waals surface area contributed by atoms with Gasteiger partial charge in [0.25, 0.3) is 0 Å². The average molecular weight is 366 g/mol. The van der Waals surface area contributed by atoms with E-state index in [9.17, 15) is 13.5 Å². The summed E-state index contributed by atoms with van der Waals surface area (Å²) in [5.41, 5.74) is -2.22. The molecule has 1 rings (SSSR count). The molecular formula is C13H20BrNO4S. The third kappa shape index (κ3) is 3.72. The van der Waals surface area contributed by atoms with Crippen molar-refractivity contribution in [2.45, 2.75) is 43.7 Å². The molecule has 2 N–H and O–H groups in total. The molecule has 20 heavy (non-hydrogen) atoms. The number of hydrogen-bond acceptors (Lipinski definition) is 4. The van der Waals surface area contributed by atoms with E-state index in [-0.39, 0.29) is 4.90 Å². The summed E-state index contributed by atoms with van der Waals surface area (Å²) in [6, 6.07) is 4.48. The van der Waals surface area contributed by atoms with Gasteiger partial charge in [-0.25, -0.2) is 13.1 Å². The minimum atomic E-state index is -3.74. The molecule has 0 bridgehead atoms. The Kier molecular flexibility index (Phi) is 4.91. The summed E-state index contributed by atoms with van der Waals surface area (Å²) in [5.74, 6) is 0.547. The molecule has 0 fully saturated rings. The highest BCUT2D eigenvalue weighted by Crippen LogP contribution is 2.29. The molecule has 0 aromatic heterocycles. The zero-order chi connectivity index (χ0) is 15.8. The number of sulfonamides is 1. The molecular weight excluding hydrogens is 346 g/mol. The van der Waals surface area contributed by atoms with Crippen LogP contribution >= 0.6 is 15.9 Å². The van der Waals surface area contributed by atoms with Crippen LogP contribution in [-0.2, 0) is 10.0 Å². The Balaban J connectivity index is 3.16. The van der Waals surface area contributed by atoms with Crippen molar-refractivity contribution < 1.29 is 18.3 Å². The maximum absolute atomic E-state index is 12.4. The van der Waals surface area contributed by atoms with Crippen molar-refractivity contribution in [1.29, 1.82) is 0 Å². The molecule has 0 amide bonds. The molecule has 0 saturated carbocycles. The van der Waals surface area contributed by atoms with E-state index >= 15 is 0 Å². The number of rotatable bonds is 5. The van der Waals surface area contributed by atoms with Crippen LogP contribution in [0.5, 0.6) is 5.75 Å². The standard InChI is InChI=1S/C13H20BrNO4S/c1-12(2,13(3,4)16)15-20(17,18)9-6-7-11(19-5)10(14)8-9/h6-8,15-16H,1-5H3. The predicted molar refractivity (Wildman–Crippen MR) is 81.4 cm³/mol. The van der Waals surface area contributed by atoms with Crippen molar-refractivity contribution in [2.24, 2.45) is 0 Å². The molecule has 5 nitrogen and oxygen atoms in total. The van der Waals surface area contributed by atoms with Gasteiger partial charge in [-0.15, -0.1) is 0 Å². The van der Waals surface area contributed by atoms with Crippen LogP contribution < -0.4 is 9.46 Å². The molecule has 1 aromatic carbocycles. The Morgan fingerprint density at radius 2 is 1.80 bits per heavy atom. The largest absolute Gasteiger partial charge is 0.496 e. The second-order valence-electron chi connectivity index (χ2n) is 5.59. The SMILES string of the molecule is COc1ccc(S(=O)(=O)NC(C)(C)C(C)(C)O)cc1Br. The second kappa shape index (κ2) is 5.63. The minimum Gasteiger partial charge on any atom is -0.496 e. The lowest BCUT2D eigenvalue weighted by molar-refractivity contribution is 0.00638. The van der Waals surface area contributed by atoms with Crippen LogP contribution in [0.15, 0.2) is 27.6 Å². The van der Waals surface area contributed by atoms with E-state index in [1.54, 1.807) is 33.8 Å². The van der Waals surface area contributed by atoms with Crippen LogP contribution in [0.1, 0.15) is 27.7 Å². The summed E-state index contributed by atoms with van der Waals surface area (Å²) >= 11 is 3.25. The summed E-state index contributed by atoms with van der Waals surface area (Å²) in [6.07, 6.45) is 0. The molecule has 0 saturated heterocycles. The molecule has 0 aliphatic heterocycles. The highest BCUT2D eigenvalue weighted by atomic mass is 79.9. The highest BCUT2D eigenvalue weighted by Gasteiger charge is 2.38. The van der Waals surface area contributed by atoms with Gasteiger partial charge < -0.3 is 9.84 Å². The summed E-state index contributed by atoms with van der Waals surface area (Å²) < 4.78 is 32.9. The molecule has 0 heterocycles. The quantitative estimate of drug-likeness (QED) is 0.839. The van der Waals surface area contributed by atoms with Crippen LogP contribution in [-0.4, -0.2) is 31.8 Å². The van der Waals surface area contributed by atoms with Gasteiger partial charge in [-0.1, -0.05) is 0 Å². The minimum absolute atomic E-state index is 0.0995. The monoisotopic (exact) mass is 365 g/mol. The van der Waals surface area contributed by atoms with Crippen LogP contribution in [0.2, 0.25) is 0 Å². The lowest BCUT2D eigenvalue weighted by atomic mass is 9.87. The first-order valence-electron chi connectivity index (χ1n) is 6.00. The van der Waals surface area contributed by atoms with Gasteiger partial charge in [0.2, 0.25) is 10.0 Å². The number of methoxy groups -OCH3 is 1. The van der Waals surface area contributed by atoms with Gasteiger partial charge in [-0.2, -0.15) is 0 Å². The number of halogens is 1. The topological polar surface area (TPSA) is 75.6 Å². The van der Waals surface area contributed by atoms with Crippen molar-refractivity contribution in [3.8, 4) is 5.75 Å². The summed E-state index contributed by atoms with van der Waals surface area (Å²) in [5, 5.41) is 10.0. The molecule has 0 aliphatic rings. The van der Waals surface area contributed by atoms with Crippen molar-refractivity contribution in [3.63, 3.8) is 0 Å². The number of aliphatic hydroxyl groups is 1. The van der Waals surface area contributed by atoms with Crippen molar-refractivity contribution >= 4 is 26.0 Å². The molecule has 0 spiro atoms. The Morgan fingerprint density at radius 3 is 2.20 bits per heavy atom. The zero-order valence-corrected chi connectivity index (χ0v) is 14.6. The normalized spacial score (nSPS) is 13.3. The Hall–Kier alpha value is -0.630. The number of ether oxygens (including phenoxy) is 1. The fraction of sp³-hybridized carbons (Fsp3) is 0.538. The van der Waals surface area contributed by atoms with Gasteiger partial charge in [0, 0.05) is 0 Å². The summed E-state index contributed by atoms with van der Waals surface area (Å²) in [7, 11) is -2.24. The van der Waals surface area contributed by atoms with Crippen LogP contribution in [0.3, 0.4) is 0 Å². The maximum Gasteiger partial charge on any atom is 0.241 e. The summed E-state index contributed by atoms with van der Waals surface area (Å²) in [4.78, 5) is 0.0995. The van der Waals surface area contributed by atoms with Gasteiger partial charge in [0.1, 0.15) is 5.75 Å². The molecule has 0 radical (unpaired) electrons. The van der Waals surface area contributed by atoms with Gasteiger partial charge in [-0.05, 0) is 61.8 Å². The lowest BCUT2D eigenvalue weighted by Crippen LogP contribution is -2.57. The predicted octanol–water partition coefficient (Wildman–Crippen LogP) is 2.29. The van der Waals surface area contributed by atoms with Crippen LogP contribution in [0, 0.1) is 0 Å². The van der Waals surface area contributed by atoms with Gasteiger partial charge in [0.05, 0.1) is 27.6 Å². The van der Waals surface area contributed by atoms with Gasteiger partial charge in [-0.3, -0.25) is 0 Å². The third-order valence-corrected chi connectivity index (χ3v) is 5.63. The second-order valence-corrected chi connectivity index (χ2v) is 8.12. The van der Waals surface area contributed by atoms with Gasteiger partial charge >= 0.3 is 0 Å². The Morgan fingerprint density at radius 1 is 1.25 bits per heavy atom. The lowest BCUT2D eigenvalue weighted by Gasteiger charge is -2.37. The first kappa shape index (κ1) is 17.4. The summed E-state index contributed by atoms with van der Waals surface area (Å²) in [6.45, 7) is 6.37. The zero-order valence-electron chi connectivity index (χ0n) is 12.2. The fourth-order valence-corrected chi connectivity index (χ4v) is 3.59. The average Bonchev–Trinajstić information content (AvgIpc) is 2.25. The van der Waals surface area contributed by atoms with E-state index in [2.05, 4.69) is 20.7 Å². The van der Waals surface area contributed by atoms with Crippen molar-refractivity contribution in [1.82, 2.24) is 4.72 Å². The van der Waals surface area contributed by atoms with E-state index in [1.807, 2.05) is 0 Å².